The fraction of sp³-hybridized carbons (Fsp3) is 0.455. The summed E-state index contributed by atoms with van der Waals surface area (Å²) in [6, 6.07) is 11.2. The molecule has 132 valence electrons. The van der Waals surface area contributed by atoms with Gasteiger partial charge in [0.2, 0.25) is 0 Å². The van der Waals surface area contributed by atoms with Crippen LogP contribution >= 0.6 is 0 Å². The highest BCUT2D eigenvalue weighted by Crippen LogP contribution is 2.33. The van der Waals surface area contributed by atoms with E-state index in [1.807, 2.05) is 19.9 Å². The molecule has 2 aromatic rings. The number of methoxy groups -OCH3 is 1. The molecule has 2 heteroatoms. The van der Waals surface area contributed by atoms with Crippen molar-refractivity contribution >= 4 is 0 Å². The van der Waals surface area contributed by atoms with E-state index in [4.69, 9.17) is 4.74 Å². The Morgan fingerprint density at radius 3 is 2.17 bits per heavy atom. The molecule has 0 amide bonds. The van der Waals surface area contributed by atoms with Crippen LogP contribution in [0.25, 0.3) is 11.1 Å². The SMILES string of the molecule is CC.CCc1ccc(-c2cc(OC)ccc2F)c(CC(C)(C)C)c1. The molecule has 0 aliphatic heterocycles. The second-order valence-corrected chi connectivity index (χ2v) is 6.93. The molecule has 0 saturated heterocycles. The molecule has 24 heavy (non-hydrogen) atoms. The van der Waals surface area contributed by atoms with E-state index in [0.29, 0.717) is 11.3 Å². The van der Waals surface area contributed by atoms with Gasteiger partial charge in [0.1, 0.15) is 11.6 Å². The van der Waals surface area contributed by atoms with Crippen molar-refractivity contribution in [3.05, 3.63) is 53.3 Å². The van der Waals surface area contributed by atoms with Crippen LogP contribution in [0.3, 0.4) is 0 Å². The van der Waals surface area contributed by atoms with Crippen LogP contribution in [0.1, 0.15) is 52.7 Å². The van der Waals surface area contributed by atoms with Gasteiger partial charge in [0.05, 0.1) is 7.11 Å². The summed E-state index contributed by atoms with van der Waals surface area (Å²) in [6.45, 7) is 12.8. The van der Waals surface area contributed by atoms with E-state index < -0.39 is 0 Å². The number of ether oxygens (including phenoxy) is 1. The smallest absolute Gasteiger partial charge is 0.131 e. The normalized spacial score (nSPS) is 10.8. The first-order valence-corrected chi connectivity index (χ1v) is 8.80. The molecule has 0 N–H and O–H groups in total. The first kappa shape index (κ1) is 20.2. The maximum Gasteiger partial charge on any atom is 0.131 e. The van der Waals surface area contributed by atoms with Crippen LogP contribution in [0.2, 0.25) is 0 Å². The Labute approximate surface area is 146 Å². The predicted octanol–water partition coefficient (Wildman–Crippen LogP) is 6.68. The fourth-order valence-corrected chi connectivity index (χ4v) is 2.69. The third kappa shape index (κ3) is 5.36. The topological polar surface area (TPSA) is 9.23 Å². The third-order valence-corrected chi connectivity index (χ3v) is 3.76. The van der Waals surface area contributed by atoms with E-state index in [2.05, 4.69) is 39.8 Å². The molecule has 2 aromatic carbocycles. The molecule has 0 unspecified atom stereocenters. The maximum atomic E-state index is 14.3. The zero-order chi connectivity index (χ0) is 18.3. The van der Waals surface area contributed by atoms with Gasteiger partial charge >= 0.3 is 0 Å². The summed E-state index contributed by atoms with van der Waals surface area (Å²) in [4.78, 5) is 0. The summed E-state index contributed by atoms with van der Waals surface area (Å²) in [6.07, 6.45) is 1.89. The Bertz CT molecular complexity index is 654. The Hall–Kier alpha value is -1.83. The Kier molecular flexibility index (Phi) is 7.47. The molecule has 0 aromatic heterocycles. The first-order chi connectivity index (χ1) is 11.3. The van der Waals surface area contributed by atoms with Gasteiger partial charge < -0.3 is 4.74 Å². The fourth-order valence-electron chi connectivity index (χ4n) is 2.69. The van der Waals surface area contributed by atoms with Crippen LogP contribution in [-0.2, 0) is 12.8 Å². The van der Waals surface area contributed by atoms with E-state index in [1.54, 1.807) is 19.2 Å². The summed E-state index contributed by atoms with van der Waals surface area (Å²) in [5, 5.41) is 0. The number of halogens is 1. The summed E-state index contributed by atoms with van der Waals surface area (Å²) in [5.41, 5.74) is 4.20. The van der Waals surface area contributed by atoms with Crippen molar-refractivity contribution in [1.82, 2.24) is 0 Å². The average molecular weight is 330 g/mol. The number of rotatable bonds is 4. The minimum absolute atomic E-state index is 0.149. The Morgan fingerprint density at radius 1 is 0.958 bits per heavy atom. The molecule has 0 aliphatic rings. The summed E-state index contributed by atoms with van der Waals surface area (Å²) in [7, 11) is 1.60. The van der Waals surface area contributed by atoms with Crippen LogP contribution in [0.15, 0.2) is 36.4 Å². The molecule has 2 rings (SSSR count). The monoisotopic (exact) mass is 330 g/mol. The molecular formula is C22H31FO. The molecule has 0 radical (unpaired) electrons. The van der Waals surface area contributed by atoms with E-state index in [-0.39, 0.29) is 11.2 Å². The number of benzene rings is 2. The summed E-state index contributed by atoms with van der Waals surface area (Å²) in [5.74, 6) is 0.470. The third-order valence-electron chi connectivity index (χ3n) is 3.76. The molecule has 0 aliphatic carbocycles. The van der Waals surface area contributed by atoms with E-state index in [9.17, 15) is 4.39 Å². The molecule has 0 saturated carbocycles. The highest BCUT2D eigenvalue weighted by atomic mass is 19.1. The van der Waals surface area contributed by atoms with Crippen molar-refractivity contribution in [2.45, 2.75) is 54.4 Å². The number of hydrogen-bond acceptors (Lipinski definition) is 1. The van der Waals surface area contributed by atoms with Crippen molar-refractivity contribution < 1.29 is 9.13 Å². The van der Waals surface area contributed by atoms with Gasteiger partial charge in [0.15, 0.2) is 0 Å². The minimum Gasteiger partial charge on any atom is -0.497 e. The predicted molar refractivity (Wildman–Crippen MR) is 102 cm³/mol. The van der Waals surface area contributed by atoms with Crippen LogP contribution < -0.4 is 4.74 Å². The molecule has 0 bridgehead atoms. The lowest BCUT2D eigenvalue weighted by Crippen LogP contribution is -2.10. The minimum atomic E-state index is -0.208. The zero-order valence-corrected chi connectivity index (χ0v) is 16.2. The lowest BCUT2D eigenvalue weighted by molar-refractivity contribution is 0.411. The Balaban J connectivity index is 0.00000139. The maximum absolute atomic E-state index is 14.3. The van der Waals surface area contributed by atoms with Crippen LogP contribution in [0.4, 0.5) is 4.39 Å². The van der Waals surface area contributed by atoms with Crippen LogP contribution in [-0.4, -0.2) is 7.11 Å². The van der Waals surface area contributed by atoms with Crippen LogP contribution in [0.5, 0.6) is 5.75 Å². The average Bonchev–Trinajstić information content (AvgIpc) is 2.56. The van der Waals surface area contributed by atoms with E-state index in [0.717, 1.165) is 18.4 Å². The lowest BCUT2D eigenvalue weighted by Gasteiger charge is -2.22. The van der Waals surface area contributed by atoms with Gasteiger partial charge in [0.25, 0.3) is 0 Å². The number of hydrogen-bond donors (Lipinski definition) is 0. The van der Waals surface area contributed by atoms with Crippen molar-refractivity contribution in [1.29, 1.82) is 0 Å². The van der Waals surface area contributed by atoms with Gasteiger partial charge in [-0.25, -0.2) is 4.39 Å². The van der Waals surface area contributed by atoms with Gasteiger partial charge in [-0.3, -0.25) is 0 Å². The Morgan fingerprint density at radius 2 is 1.62 bits per heavy atom. The van der Waals surface area contributed by atoms with Gasteiger partial charge in [0, 0.05) is 5.56 Å². The van der Waals surface area contributed by atoms with E-state index >= 15 is 0 Å². The zero-order valence-electron chi connectivity index (χ0n) is 16.2. The van der Waals surface area contributed by atoms with Gasteiger partial charge in [-0.05, 0) is 53.1 Å². The number of aryl methyl sites for hydroxylation is 1. The molecule has 0 spiro atoms. The second-order valence-electron chi connectivity index (χ2n) is 6.93. The van der Waals surface area contributed by atoms with Crippen LogP contribution in [0, 0.1) is 11.2 Å². The highest BCUT2D eigenvalue weighted by Gasteiger charge is 2.17. The largest absolute Gasteiger partial charge is 0.497 e. The van der Waals surface area contributed by atoms with Crippen molar-refractivity contribution in [2.75, 3.05) is 7.11 Å². The molecule has 0 heterocycles. The highest BCUT2D eigenvalue weighted by molar-refractivity contribution is 5.70. The first-order valence-electron chi connectivity index (χ1n) is 8.80. The standard InChI is InChI=1S/C20H25FO.C2H6/c1-6-14-7-9-17(15(11-14)13-20(2,3)4)18-12-16(22-5)8-10-19(18)21;1-2/h7-12H,6,13H2,1-5H3;1-2H3. The van der Waals surface area contributed by atoms with Crippen molar-refractivity contribution in [2.24, 2.45) is 5.41 Å². The molecular weight excluding hydrogens is 299 g/mol. The van der Waals surface area contributed by atoms with Gasteiger partial charge in [-0.2, -0.15) is 0 Å². The van der Waals surface area contributed by atoms with Gasteiger partial charge in [-0.1, -0.05) is 59.7 Å². The quantitative estimate of drug-likeness (QED) is 0.607. The van der Waals surface area contributed by atoms with Crippen molar-refractivity contribution in [3.8, 4) is 16.9 Å². The summed E-state index contributed by atoms with van der Waals surface area (Å²) < 4.78 is 19.6. The van der Waals surface area contributed by atoms with E-state index in [1.165, 1.54) is 17.2 Å². The molecule has 0 atom stereocenters. The molecule has 1 nitrogen and oxygen atoms in total. The lowest BCUT2D eigenvalue weighted by atomic mass is 9.84. The summed E-state index contributed by atoms with van der Waals surface area (Å²) >= 11 is 0. The van der Waals surface area contributed by atoms with Gasteiger partial charge in [-0.15, -0.1) is 0 Å². The van der Waals surface area contributed by atoms with Crippen molar-refractivity contribution in [3.63, 3.8) is 0 Å². The molecule has 0 fully saturated rings. The second kappa shape index (κ2) is 8.86.